The summed E-state index contributed by atoms with van der Waals surface area (Å²) in [5, 5.41) is 4.98. The van der Waals surface area contributed by atoms with Crippen molar-refractivity contribution in [2.24, 2.45) is 0 Å². The number of thiazole rings is 1. The van der Waals surface area contributed by atoms with Gasteiger partial charge in [-0.2, -0.15) is 0 Å². The molecule has 1 N–H and O–H groups in total. The third-order valence-corrected chi connectivity index (χ3v) is 5.23. The first-order chi connectivity index (χ1) is 9.35. The van der Waals surface area contributed by atoms with Crippen molar-refractivity contribution in [3.63, 3.8) is 0 Å². The summed E-state index contributed by atoms with van der Waals surface area (Å²) in [5.74, 6) is 0. The van der Waals surface area contributed by atoms with E-state index in [0.29, 0.717) is 6.04 Å². The van der Waals surface area contributed by atoms with Gasteiger partial charge in [-0.05, 0) is 32.2 Å². The molecule has 19 heavy (non-hydrogen) atoms. The molecule has 1 aliphatic rings. The Labute approximate surface area is 122 Å². The monoisotopic (exact) mass is 280 g/mol. The lowest BCUT2D eigenvalue weighted by atomic mass is 10.1. The third kappa shape index (κ3) is 4.28. The SMILES string of the molecule is CCCCCCCC(NCC)c1nc2c(s1)CCC2. The highest BCUT2D eigenvalue weighted by molar-refractivity contribution is 7.11. The second-order valence-corrected chi connectivity index (χ2v) is 6.70. The number of aryl methyl sites for hydroxylation is 2. The van der Waals surface area contributed by atoms with Gasteiger partial charge in [-0.15, -0.1) is 11.3 Å². The number of nitrogens with one attached hydrogen (secondary N) is 1. The van der Waals surface area contributed by atoms with Crippen LogP contribution in [0.2, 0.25) is 0 Å². The molecule has 0 bridgehead atoms. The minimum absolute atomic E-state index is 0.502. The van der Waals surface area contributed by atoms with Crippen LogP contribution in [0, 0.1) is 0 Å². The predicted octanol–water partition coefficient (Wildman–Crippen LogP) is 4.64. The van der Waals surface area contributed by atoms with Crippen molar-refractivity contribution in [2.45, 2.75) is 77.7 Å². The molecule has 108 valence electrons. The molecule has 0 radical (unpaired) electrons. The van der Waals surface area contributed by atoms with Gasteiger partial charge in [0.15, 0.2) is 0 Å². The van der Waals surface area contributed by atoms with E-state index in [-0.39, 0.29) is 0 Å². The zero-order valence-electron chi connectivity index (χ0n) is 12.5. The van der Waals surface area contributed by atoms with Crippen LogP contribution in [-0.2, 0) is 12.8 Å². The molecule has 1 unspecified atom stereocenters. The standard InChI is InChI=1S/C16H28N2S/c1-3-5-6-7-8-10-14(17-4-2)16-18-13-11-9-12-15(13)19-16/h14,17H,3-12H2,1-2H3. The van der Waals surface area contributed by atoms with Crippen molar-refractivity contribution < 1.29 is 0 Å². The Morgan fingerprint density at radius 1 is 1.16 bits per heavy atom. The minimum atomic E-state index is 0.502. The van der Waals surface area contributed by atoms with Crippen LogP contribution >= 0.6 is 11.3 Å². The van der Waals surface area contributed by atoms with Gasteiger partial charge in [0.1, 0.15) is 5.01 Å². The summed E-state index contributed by atoms with van der Waals surface area (Å²) >= 11 is 1.96. The quantitative estimate of drug-likeness (QED) is 0.666. The van der Waals surface area contributed by atoms with E-state index in [1.807, 2.05) is 11.3 Å². The molecule has 0 saturated carbocycles. The highest BCUT2D eigenvalue weighted by Gasteiger charge is 2.21. The number of aromatic nitrogens is 1. The number of nitrogens with zero attached hydrogens (tertiary/aromatic N) is 1. The Morgan fingerprint density at radius 2 is 2.00 bits per heavy atom. The number of unbranched alkanes of at least 4 members (excludes halogenated alkanes) is 4. The Kier molecular flexibility index (Phi) is 6.32. The Morgan fingerprint density at radius 3 is 2.74 bits per heavy atom. The molecule has 0 spiro atoms. The predicted molar refractivity (Wildman–Crippen MR) is 83.9 cm³/mol. The van der Waals surface area contributed by atoms with E-state index in [2.05, 4.69) is 19.2 Å². The molecule has 2 nitrogen and oxygen atoms in total. The molecule has 0 fully saturated rings. The highest BCUT2D eigenvalue weighted by atomic mass is 32.1. The summed E-state index contributed by atoms with van der Waals surface area (Å²) in [6.07, 6.45) is 11.9. The minimum Gasteiger partial charge on any atom is -0.308 e. The number of hydrogen-bond donors (Lipinski definition) is 1. The fraction of sp³-hybridized carbons (Fsp3) is 0.812. The molecule has 1 aliphatic carbocycles. The van der Waals surface area contributed by atoms with Gasteiger partial charge in [-0.3, -0.25) is 0 Å². The van der Waals surface area contributed by atoms with Crippen LogP contribution in [0.1, 0.15) is 80.4 Å². The number of fused-ring (bicyclic) bond motifs is 1. The van der Waals surface area contributed by atoms with Gasteiger partial charge in [0.25, 0.3) is 0 Å². The average Bonchev–Trinajstić information content (AvgIpc) is 2.98. The highest BCUT2D eigenvalue weighted by Crippen LogP contribution is 2.32. The Bertz CT molecular complexity index is 351. The van der Waals surface area contributed by atoms with Crippen LogP contribution in [0.5, 0.6) is 0 Å². The van der Waals surface area contributed by atoms with Crippen molar-refractivity contribution in [1.82, 2.24) is 10.3 Å². The maximum absolute atomic E-state index is 4.88. The van der Waals surface area contributed by atoms with Crippen molar-refractivity contribution in [3.05, 3.63) is 15.6 Å². The van der Waals surface area contributed by atoms with E-state index < -0.39 is 0 Å². The molecule has 1 atom stereocenters. The molecule has 1 aromatic heterocycles. The summed E-state index contributed by atoms with van der Waals surface area (Å²) in [6, 6.07) is 0.502. The van der Waals surface area contributed by atoms with Crippen LogP contribution in [0.15, 0.2) is 0 Å². The summed E-state index contributed by atoms with van der Waals surface area (Å²) in [7, 11) is 0. The lowest BCUT2D eigenvalue weighted by molar-refractivity contribution is 0.476. The summed E-state index contributed by atoms with van der Waals surface area (Å²) < 4.78 is 0. The lowest BCUT2D eigenvalue weighted by Gasteiger charge is -2.15. The number of hydrogen-bond acceptors (Lipinski definition) is 3. The normalized spacial score (nSPS) is 15.7. The molecular weight excluding hydrogens is 252 g/mol. The maximum atomic E-state index is 4.88. The van der Waals surface area contributed by atoms with E-state index >= 15 is 0 Å². The fourth-order valence-corrected chi connectivity index (χ4v) is 4.13. The van der Waals surface area contributed by atoms with Gasteiger partial charge in [0, 0.05) is 4.88 Å². The van der Waals surface area contributed by atoms with Crippen molar-refractivity contribution >= 4 is 11.3 Å². The first-order valence-corrected chi connectivity index (χ1v) is 8.88. The van der Waals surface area contributed by atoms with Crippen LogP contribution in [0.4, 0.5) is 0 Å². The van der Waals surface area contributed by atoms with Gasteiger partial charge in [-0.1, -0.05) is 46.0 Å². The molecular formula is C16H28N2S. The van der Waals surface area contributed by atoms with Crippen molar-refractivity contribution in [1.29, 1.82) is 0 Å². The molecule has 0 aromatic carbocycles. The zero-order valence-corrected chi connectivity index (χ0v) is 13.3. The van der Waals surface area contributed by atoms with Gasteiger partial charge in [-0.25, -0.2) is 4.98 Å². The molecule has 0 saturated heterocycles. The second-order valence-electron chi connectivity index (χ2n) is 5.59. The molecule has 3 heteroatoms. The van der Waals surface area contributed by atoms with E-state index in [9.17, 15) is 0 Å². The van der Waals surface area contributed by atoms with Gasteiger partial charge in [0.05, 0.1) is 11.7 Å². The van der Waals surface area contributed by atoms with Crippen LogP contribution in [0.25, 0.3) is 0 Å². The van der Waals surface area contributed by atoms with E-state index in [1.165, 1.54) is 68.5 Å². The first kappa shape index (κ1) is 15.0. The van der Waals surface area contributed by atoms with Crippen molar-refractivity contribution in [2.75, 3.05) is 6.54 Å². The van der Waals surface area contributed by atoms with Crippen molar-refractivity contribution in [3.8, 4) is 0 Å². The largest absolute Gasteiger partial charge is 0.308 e. The van der Waals surface area contributed by atoms with E-state index in [0.717, 1.165) is 6.54 Å². The Hall–Kier alpha value is -0.410. The smallest absolute Gasteiger partial charge is 0.110 e. The van der Waals surface area contributed by atoms with Crippen LogP contribution in [-0.4, -0.2) is 11.5 Å². The van der Waals surface area contributed by atoms with E-state index in [4.69, 9.17) is 4.98 Å². The fourth-order valence-electron chi connectivity index (χ4n) is 2.87. The van der Waals surface area contributed by atoms with Gasteiger partial charge >= 0.3 is 0 Å². The number of rotatable bonds is 9. The molecule has 2 rings (SSSR count). The molecule has 0 amide bonds. The summed E-state index contributed by atoms with van der Waals surface area (Å²) in [6.45, 7) is 5.52. The average molecular weight is 280 g/mol. The first-order valence-electron chi connectivity index (χ1n) is 8.07. The maximum Gasteiger partial charge on any atom is 0.110 e. The Balaban J connectivity index is 1.84. The molecule has 1 heterocycles. The van der Waals surface area contributed by atoms with Crippen LogP contribution < -0.4 is 5.32 Å². The summed E-state index contributed by atoms with van der Waals surface area (Å²) in [5.41, 5.74) is 1.40. The molecule has 0 aliphatic heterocycles. The molecule has 1 aromatic rings. The van der Waals surface area contributed by atoms with E-state index in [1.54, 1.807) is 4.88 Å². The van der Waals surface area contributed by atoms with Gasteiger partial charge < -0.3 is 5.32 Å². The van der Waals surface area contributed by atoms with Gasteiger partial charge in [0.2, 0.25) is 0 Å². The summed E-state index contributed by atoms with van der Waals surface area (Å²) in [4.78, 5) is 6.44. The van der Waals surface area contributed by atoms with Crippen LogP contribution in [0.3, 0.4) is 0 Å². The second kappa shape index (κ2) is 8.01. The lowest BCUT2D eigenvalue weighted by Crippen LogP contribution is -2.20. The zero-order chi connectivity index (χ0) is 13.5. The topological polar surface area (TPSA) is 24.9 Å². The third-order valence-electron chi connectivity index (χ3n) is 3.96.